The summed E-state index contributed by atoms with van der Waals surface area (Å²) in [6.07, 6.45) is 21.0. The van der Waals surface area contributed by atoms with Gasteiger partial charge in [0.15, 0.2) is 0 Å². The first kappa shape index (κ1) is 27.6. The zero-order valence-corrected chi connectivity index (χ0v) is 19.4. The highest BCUT2D eigenvalue weighted by Crippen LogP contribution is 2.20. The van der Waals surface area contributed by atoms with Crippen molar-refractivity contribution in [1.82, 2.24) is 0 Å². The molecule has 3 N–H and O–H groups in total. The number of rotatable bonds is 20. The normalized spacial score (nSPS) is 22.9. The van der Waals surface area contributed by atoms with E-state index in [9.17, 15) is 10.2 Å². The monoisotopic (exact) mass is 428 g/mol. The third-order valence-corrected chi connectivity index (χ3v) is 5.97. The van der Waals surface area contributed by atoms with E-state index in [1.54, 1.807) is 0 Å². The minimum Gasteiger partial charge on any atom is -0.394 e. The highest BCUT2D eigenvalue weighted by molar-refractivity contribution is 4.88. The van der Waals surface area contributed by atoms with Gasteiger partial charge >= 0.3 is 0 Å². The van der Waals surface area contributed by atoms with Crippen molar-refractivity contribution in [2.24, 2.45) is 0 Å². The van der Waals surface area contributed by atoms with Gasteiger partial charge in [-0.15, -0.1) is 0 Å². The Bertz CT molecular complexity index is 401. The largest absolute Gasteiger partial charge is 0.394 e. The number of allylic oxidation sites excluding steroid dienone is 2. The van der Waals surface area contributed by atoms with Crippen molar-refractivity contribution < 1.29 is 24.8 Å². The zero-order chi connectivity index (χ0) is 21.9. The summed E-state index contributed by atoms with van der Waals surface area (Å²) in [5.74, 6) is 0. The number of aliphatic hydroxyl groups excluding tert-OH is 3. The van der Waals surface area contributed by atoms with Crippen molar-refractivity contribution in [2.45, 2.75) is 128 Å². The summed E-state index contributed by atoms with van der Waals surface area (Å²) in [5.41, 5.74) is 0. The summed E-state index contributed by atoms with van der Waals surface area (Å²) >= 11 is 0. The fourth-order valence-corrected chi connectivity index (χ4v) is 3.95. The van der Waals surface area contributed by atoms with Crippen molar-refractivity contribution in [3.8, 4) is 0 Å². The third kappa shape index (κ3) is 13.1. The SMILES string of the molecule is CCCC/C=C/CCCCCCCCCCCCCO[C@@H]1CO[C@H]([C@@H](O)CO)[C@@H]1O. The lowest BCUT2D eigenvalue weighted by Crippen LogP contribution is -2.41. The Morgan fingerprint density at radius 2 is 1.40 bits per heavy atom. The van der Waals surface area contributed by atoms with Gasteiger partial charge in [-0.2, -0.15) is 0 Å². The van der Waals surface area contributed by atoms with E-state index in [2.05, 4.69) is 19.1 Å². The van der Waals surface area contributed by atoms with Crippen LogP contribution < -0.4 is 0 Å². The molecule has 0 bridgehead atoms. The number of unbranched alkanes of at least 4 members (excludes halogenated alkanes) is 13. The van der Waals surface area contributed by atoms with Crippen LogP contribution in [0.1, 0.15) is 103 Å². The molecule has 0 unspecified atom stereocenters. The van der Waals surface area contributed by atoms with Gasteiger partial charge in [0.2, 0.25) is 0 Å². The van der Waals surface area contributed by atoms with Crippen LogP contribution in [0.5, 0.6) is 0 Å². The lowest BCUT2D eigenvalue weighted by atomic mass is 10.0. The van der Waals surface area contributed by atoms with E-state index < -0.39 is 31.0 Å². The van der Waals surface area contributed by atoms with Crippen molar-refractivity contribution in [3.05, 3.63) is 12.2 Å². The van der Waals surface area contributed by atoms with Crippen LogP contribution in [-0.4, -0.2) is 59.6 Å². The molecule has 0 aromatic rings. The molecule has 178 valence electrons. The van der Waals surface area contributed by atoms with Gasteiger partial charge in [-0.1, -0.05) is 89.7 Å². The van der Waals surface area contributed by atoms with E-state index in [4.69, 9.17) is 14.6 Å². The number of hydrogen-bond acceptors (Lipinski definition) is 5. The molecule has 5 heteroatoms. The smallest absolute Gasteiger partial charge is 0.114 e. The van der Waals surface area contributed by atoms with Crippen LogP contribution >= 0.6 is 0 Å². The van der Waals surface area contributed by atoms with Crippen LogP contribution in [0.3, 0.4) is 0 Å². The van der Waals surface area contributed by atoms with Crippen LogP contribution in [0.25, 0.3) is 0 Å². The summed E-state index contributed by atoms with van der Waals surface area (Å²) < 4.78 is 11.0. The molecule has 0 spiro atoms. The van der Waals surface area contributed by atoms with Gasteiger partial charge in [0.1, 0.15) is 24.4 Å². The maximum atomic E-state index is 10.1. The maximum absolute atomic E-state index is 10.1. The van der Waals surface area contributed by atoms with E-state index in [0.717, 1.165) is 12.8 Å². The van der Waals surface area contributed by atoms with Gasteiger partial charge in [0, 0.05) is 6.61 Å². The van der Waals surface area contributed by atoms with Gasteiger partial charge in [0.25, 0.3) is 0 Å². The molecule has 0 saturated carbocycles. The van der Waals surface area contributed by atoms with E-state index in [0.29, 0.717) is 6.61 Å². The van der Waals surface area contributed by atoms with Crippen LogP contribution in [-0.2, 0) is 9.47 Å². The number of hydrogen-bond donors (Lipinski definition) is 3. The molecule has 0 radical (unpaired) electrons. The molecular formula is C25H48O5. The first-order valence-electron chi connectivity index (χ1n) is 12.6. The van der Waals surface area contributed by atoms with Crippen LogP contribution in [0.4, 0.5) is 0 Å². The second-order valence-electron chi connectivity index (χ2n) is 8.74. The summed E-state index contributed by atoms with van der Waals surface area (Å²) in [4.78, 5) is 0. The van der Waals surface area contributed by atoms with Crippen LogP contribution in [0, 0.1) is 0 Å². The van der Waals surface area contributed by atoms with E-state index in [1.165, 1.54) is 83.5 Å². The average Bonchev–Trinajstić information content (AvgIpc) is 3.12. The Balaban J connectivity index is 1.79. The summed E-state index contributed by atoms with van der Waals surface area (Å²) in [6.45, 7) is 2.72. The second-order valence-corrected chi connectivity index (χ2v) is 8.74. The Morgan fingerprint density at radius 1 is 0.867 bits per heavy atom. The molecule has 1 fully saturated rings. The molecule has 1 rings (SSSR count). The standard InChI is InChI=1S/C25H48O5/c1-2-3-4-5-6-7-8-9-10-11-12-13-14-15-16-17-18-19-29-23-21-30-25(24(23)28)22(27)20-26/h5-6,22-28H,2-4,7-21H2,1H3/b6-5+/t22-,23+,24+,25+/m0/s1. The minimum atomic E-state index is -1.05. The molecular weight excluding hydrogens is 380 g/mol. The molecule has 0 amide bonds. The molecule has 5 nitrogen and oxygen atoms in total. The minimum absolute atomic E-state index is 0.276. The second kappa shape index (κ2) is 19.2. The molecule has 1 aliphatic heterocycles. The van der Waals surface area contributed by atoms with Gasteiger partial charge in [-0.05, 0) is 25.7 Å². The average molecular weight is 429 g/mol. The van der Waals surface area contributed by atoms with E-state index in [1.807, 2.05) is 0 Å². The highest BCUT2D eigenvalue weighted by atomic mass is 16.6. The van der Waals surface area contributed by atoms with E-state index >= 15 is 0 Å². The van der Waals surface area contributed by atoms with Crippen molar-refractivity contribution in [1.29, 1.82) is 0 Å². The molecule has 0 aliphatic carbocycles. The summed E-state index contributed by atoms with van der Waals surface area (Å²) in [5, 5.41) is 28.6. The molecule has 4 atom stereocenters. The molecule has 30 heavy (non-hydrogen) atoms. The lowest BCUT2D eigenvalue weighted by molar-refractivity contribution is -0.0730. The Hall–Kier alpha value is -0.460. The fraction of sp³-hybridized carbons (Fsp3) is 0.920. The quantitative estimate of drug-likeness (QED) is 0.190. The predicted octanol–water partition coefficient (Wildman–Crippen LogP) is 4.91. The van der Waals surface area contributed by atoms with Crippen molar-refractivity contribution in [2.75, 3.05) is 19.8 Å². The first-order valence-corrected chi connectivity index (χ1v) is 12.6. The maximum Gasteiger partial charge on any atom is 0.114 e. The topological polar surface area (TPSA) is 79.2 Å². The van der Waals surface area contributed by atoms with Crippen molar-refractivity contribution in [3.63, 3.8) is 0 Å². The zero-order valence-electron chi connectivity index (χ0n) is 19.4. The van der Waals surface area contributed by atoms with Gasteiger partial charge in [-0.3, -0.25) is 0 Å². The lowest BCUT2D eigenvalue weighted by Gasteiger charge is -2.20. The third-order valence-electron chi connectivity index (χ3n) is 5.97. The number of ether oxygens (including phenoxy) is 2. The highest BCUT2D eigenvalue weighted by Gasteiger charge is 2.40. The first-order chi connectivity index (χ1) is 14.7. The molecule has 0 aromatic heterocycles. The fourth-order valence-electron chi connectivity index (χ4n) is 3.95. The number of aliphatic hydroxyl groups is 3. The summed E-state index contributed by atoms with van der Waals surface area (Å²) in [6, 6.07) is 0. The molecule has 1 heterocycles. The van der Waals surface area contributed by atoms with Crippen LogP contribution in [0.15, 0.2) is 12.2 Å². The molecule has 1 aliphatic rings. The van der Waals surface area contributed by atoms with Crippen molar-refractivity contribution >= 4 is 0 Å². The molecule has 0 aromatic carbocycles. The van der Waals surface area contributed by atoms with E-state index in [-0.39, 0.29) is 6.61 Å². The van der Waals surface area contributed by atoms with Crippen LogP contribution in [0.2, 0.25) is 0 Å². The Morgan fingerprint density at radius 3 is 1.97 bits per heavy atom. The summed E-state index contributed by atoms with van der Waals surface area (Å²) in [7, 11) is 0. The van der Waals surface area contributed by atoms with Gasteiger partial charge in [0.05, 0.1) is 13.2 Å². The van der Waals surface area contributed by atoms with Gasteiger partial charge < -0.3 is 24.8 Å². The van der Waals surface area contributed by atoms with Gasteiger partial charge in [-0.25, -0.2) is 0 Å². The Labute approximate surface area is 184 Å². The molecule has 1 saturated heterocycles. The Kier molecular flexibility index (Phi) is 17.7. The predicted molar refractivity (Wildman–Crippen MR) is 123 cm³/mol.